The quantitative estimate of drug-likeness (QED) is 0.422. The van der Waals surface area contributed by atoms with Gasteiger partial charge in [0, 0.05) is 18.7 Å². The first-order valence-corrected chi connectivity index (χ1v) is 13.0. The Bertz CT molecular complexity index is 1320. The summed E-state index contributed by atoms with van der Waals surface area (Å²) in [6.07, 6.45) is -1.92. The number of rotatable bonds is 8. The topological polar surface area (TPSA) is 52.7 Å². The second-order valence-corrected chi connectivity index (χ2v) is 9.92. The van der Waals surface area contributed by atoms with Crippen molar-refractivity contribution in [1.82, 2.24) is 15.3 Å². The van der Waals surface area contributed by atoms with Crippen LogP contribution in [0, 0.1) is 0 Å². The summed E-state index contributed by atoms with van der Waals surface area (Å²) in [6.45, 7) is 0.955. The number of hydrogen-bond donors (Lipinski definition) is 1. The van der Waals surface area contributed by atoms with E-state index in [2.05, 4.69) is 12.2 Å². The number of unbranched alkanes of at least 4 members (excludes halogenated alkanes) is 1. The lowest BCUT2D eigenvalue weighted by molar-refractivity contribution is -0.203. The number of carbonyl (C=O) groups excluding carboxylic acids is 2. The molecule has 5 rings (SSSR count). The van der Waals surface area contributed by atoms with Crippen LogP contribution in [-0.4, -0.2) is 53.7 Å². The maximum absolute atomic E-state index is 14.1. The predicted molar refractivity (Wildman–Crippen MR) is 139 cm³/mol. The minimum absolute atomic E-state index is 0.124. The van der Waals surface area contributed by atoms with E-state index < -0.39 is 24.5 Å². The van der Waals surface area contributed by atoms with E-state index in [-0.39, 0.29) is 25.0 Å². The summed E-state index contributed by atoms with van der Waals surface area (Å²) in [5.74, 6) is -1.69. The highest BCUT2D eigenvalue weighted by Crippen LogP contribution is 2.47. The van der Waals surface area contributed by atoms with Gasteiger partial charge in [-0.3, -0.25) is 14.6 Å². The number of nitrogens with zero attached hydrogens (tertiary/aromatic N) is 2. The van der Waals surface area contributed by atoms with E-state index in [1.54, 1.807) is 30.3 Å². The largest absolute Gasteiger partial charge is 0.407 e. The van der Waals surface area contributed by atoms with Crippen molar-refractivity contribution in [3.8, 4) is 11.1 Å². The third kappa shape index (κ3) is 5.18. The first kappa shape index (κ1) is 26.0. The molecule has 1 atom stereocenters. The smallest absolute Gasteiger partial charge is 0.347 e. The second kappa shape index (κ2) is 10.6. The molecule has 3 aromatic rings. The fraction of sp³-hybridized carbons (Fsp3) is 0.333. The molecule has 38 heavy (non-hydrogen) atoms. The third-order valence-corrected chi connectivity index (χ3v) is 7.25. The Kier molecular flexibility index (Phi) is 7.25. The van der Waals surface area contributed by atoms with Crippen molar-refractivity contribution in [3.05, 3.63) is 95.1 Å². The van der Waals surface area contributed by atoms with Crippen molar-refractivity contribution >= 4 is 11.8 Å². The number of fused-ring (bicyclic) bond motifs is 3. The second-order valence-electron chi connectivity index (χ2n) is 9.92. The summed E-state index contributed by atoms with van der Waals surface area (Å²) >= 11 is 0. The molecular weight excluding hydrogens is 491 g/mol. The van der Waals surface area contributed by atoms with E-state index in [4.69, 9.17) is 0 Å². The number of carbonyl (C=O) groups is 2. The molecule has 0 spiro atoms. The Morgan fingerprint density at radius 2 is 1.63 bits per heavy atom. The number of alkyl halides is 3. The van der Waals surface area contributed by atoms with Gasteiger partial charge in [-0.05, 0) is 52.8 Å². The van der Waals surface area contributed by atoms with Gasteiger partial charge in [0.05, 0.1) is 12.0 Å². The summed E-state index contributed by atoms with van der Waals surface area (Å²) in [6, 6.07) is 21.7. The van der Waals surface area contributed by atoms with Gasteiger partial charge in [-0.1, -0.05) is 74.0 Å². The van der Waals surface area contributed by atoms with Crippen LogP contribution < -0.4 is 5.32 Å². The number of hydrazine groups is 1. The van der Waals surface area contributed by atoms with Gasteiger partial charge in [-0.15, -0.1) is 0 Å². The van der Waals surface area contributed by atoms with E-state index in [0.29, 0.717) is 5.56 Å². The summed E-state index contributed by atoms with van der Waals surface area (Å²) < 4.78 is 41.2. The molecule has 1 N–H and O–H groups in total. The highest BCUT2D eigenvalue weighted by Gasteiger charge is 2.46. The highest BCUT2D eigenvalue weighted by molar-refractivity contribution is 5.97. The molecule has 3 aromatic carbocycles. The van der Waals surface area contributed by atoms with Crippen LogP contribution in [0.25, 0.3) is 11.1 Å². The fourth-order valence-electron chi connectivity index (χ4n) is 5.42. The van der Waals surface area contributed by atoms with Crippen LogP contribution in [0.15, 0.2) is 72.8 Å². The molecule has 0 saturated carbocycles. The molecule has 2 aliphatic rings. The number of aryl methyl sites for hydroxylation is 1. The average Bonchev–Trinajstić information content (AvgIpc) is 3.22. The van der Waals surface area contributed by atoms with Gasteiger partial charge in [0.15, 0.2) is 0 Å². The van der Waals surface area contributed by atoms with E-state index in [9.17, 15) is 22.8 Å². The molecule has 1 saturated heterocycles. The lowest BCUT2D eigenvalue weighted by Crippen LogP contribution is -2.67. The van der Waals surface area contributed by atoms with Crippen molar-refractivity contribution in [3.63, 3.8) is 0 Å². The fourth-order valence-corrected chi connectivity index (χ4v) is 5.42. The number of halogens is 3. The van der Waals surface area contributed by atoms with Crippen molar-refractivity contribution in [2.24, 2.45) is 0 Å². The maximum atomic E-state index is 14.1. The SMILES string of the molecule is CCCCc1cccc2c1C(C(=O)N(CC(F)(F)F)N1CC(NC(=O)c3ccccc3)C1)c1ccccc1-2. The standard InChI is InChI=1S/C30H30F3N3O2/c1-2-3-10-20-13-9-16-24-23-14-7-8-15-25(23)27(26(20)24)29(38)36(19-30(31,32)33)35-17-22(18-35)34-28(37)21-11-5-4-6-12-21/h4-9,11-16,22,27H,2-3,10,17-19H2,1H3,(H,34,37). The molecule has 1 fully saturated rings. The number of benzene rings is 3. The molecule has 1 unspecified atom stereocenters. The summed E-state index contributed by atoms with van der Waals surface area (Å²) in [5.41, 5.74) is 4.83. The van der Waals surface area contributed by atoms with Crippen LogP contribution in [0.1, 0.15) is 52.7 Å². The molecular formula is C30H30F3N3O2. The van der Waals surface area contributed by atoms with Crippen LogP contribution in [0.2, 0.25) is 0 Å². The first-order chi connectivity index (χ1) is 18.3. The number of nitrogens with one attached hydrogen (secondary N) is 1. The third-order valence-electron chi connectivity index (χ3n) is 7.25. The molecule has 0 radical (unpaired) electrons. The van der Waals surface area contributed by atoms with Crippen molar-refractivity contribution < 1.29 is 22.8 Å². The van der Waals surface area contributed by atoms with E-state index >= 15 is 0 Å². The van der Waals surface area contributed by atoms with Gasteiger partial charge in [0.1, 0.15) is 6.54 Å². The van der Waals surface area contributed by atoms with Gasteiger partial charge in [-0.2, -0.15) is 13.2 Å². The molecule has 0 bridgehead atoms. The van der Waals surface area contributed by atoms with Crippen LogP contribution in [-0.2, 0) is 11.2 Å². The monoisotopic (exact) mass is 521 g/mol. The minimum Gasteiger partial charge on any atom is -0.347 e. The minimum atomic E-state index is -4.57. The van der Waals surface area contributed by atoms with Crippen LogP contribution in [0.4, 0.5) is 13.2 Å². The van der Waals surface area contributed by atoms with E-state index in [1.807, 2.05) is 42.5 Å². The van der Waals surface area contributed by atoms with Crippen LogP contribution in [0.3, 0.4) is 0 Å². The Balaban J connectivity index is 1.42. The van der Waals surface area contributed by atoms with Gasteiger partial charge in [-0.25, -0.2) is 5.01 Å². The summed E-state index contributed by atoms with van der Waals surface area (Å²) in [4.78, 5) is 26.6. The zero-order valence-electron chi connectivity index (χ0n) is 21.2. The Labute approximate surface area is 220 Å². The molecule has 0 aromatic heterocycles. The molecule has 1 aliphatic heterocycles. The Morgan fingerprint density at radius 1 is 0.947 bits per heavy atom. The van der Waals surface area contributed by atoms with E-state index in [1.165, 1.54) is 5.01 Å². The number of hydrogen-bond acceptors (Lipinski definition) is 3. The molecule has 198 valence electrons. The molecule has 8 heteroatoms. The normalized spacial score (nSPS) is 16.9. The molecule has 1 heterocycles. The zero-order chi connectivity index (χ0) is 26.9. The van der Waals surface area contributed by atoms with Crippen molar-refractivity contribution in [2.75, 3.05) is 19.6 Å². The summed E-state index contributed by atoms with van der Waals surface area (Å²) in [5, 5.41) is 5.10. The average molecular weight is 522 g/mol. The predicted octanol–water partition coefficient (Wildman–Crippen LogP) is 5.56. The van der Waals surface area contributed by atoms with Crippen molar-refractivity contribution in [1.29, 1.82) is 0 Å². The summed E-state index contributed by atoms with van der Waals surface area (Å²) in [7, 11) is 0. The van der Waals surface area contributed by atoms with Gasteiger partial charge >= 0.3 is 6.18 Å². The zero-order valence-corrected chi connectivity index (χ0v) is 21.2. The number of amides is 2. The lowest BCUT2D eigenvalue weighted by Gasteiger charge is -2.47. The Morgan fingerprint density at radius 3 is 2.34 bits per heavy atom. The molecule has 5 nitrogen and oxygen atoms in total. The van der Waals surface area contributed by atoms with Gasteiger partial charge in [0.2, 0.25) is 5.91 Å². The van der Waals surface area contributed by atoms with Gasteiger partial charge < -0.3 is 5.32 Å². The lowest BCUT2D eigenvalue weighted by atomic mass is 9.89. The van der Waals surface area contributed by atoms with Gasteiger partial charge in [0.25, 0.3) is 5.91 Å². The highest BCUT2D eigenvalue weighted by atomic mass is 19.4. The first-order valence-electron chi connectivity index (χ1n) is 13.0. The van der Waals surface area contributed by atoms with Crippen LogP contribution >= 0.6 is 0 Å². The maximum Gasteiger partial charge on any atom is 0.407 e. The Hall–Kier alpha value is -3.65. The molecule has 2 amide bonds. The van der Waals surface area contributed by atoms with Crippen LogP contribution in [0.5, 0.6) is 0 Å². The van der Waals surface area contributed by atoms with Crippen molar-refractivity contribution in [2.45, 2.75) is 44.3 Å². The van der Waals surface area contributed by atoms with E-state index in [0.717, 1.165) is 52.1 Å². The molecule has 1 aliphatic carbocycles.